The lowest BCUT2D eigenvalue weighted by Crippen LogP contribution is -2.29. The van der Waals surface area contributed by atoms with Gasteiger partial charge < -0.3 is 5.32 Å². The van der Waals surface area contributed by atoms with Gasteiger partial charge in [-0.15, -0.1) is 0 Å². The van der Waals surface area contributed by atoms with Crippen LogP contribution in [0.1, 0.15) is 40.4 Å². The largest absolute Gasteiger partial charge is 0.345 e. The van der Waals surface area contributed by atoms with E-state index in [-0.39, 0.29) is 11.9 Å². The fourth-order valence-electron chi connectivity index (χ4n) is 2.52. The number of carbonyl (C=O) groups excluding carboxylic acids is 1. The highest BCUT2D eigenvalue weighted by Gasteiger charge is 2.33. The third-order valence-electron chi connectivity index (χ3n) is 3.79. The van der Waals surface area contributed by atoms with E-state index in [1.807, 2.05) is 18.2 Å². The summed E-state index contributed by atoms with van der Waals surface area (Å²) in [5, 5.41) is 12.0. The monoisotopic (exact) mass is 276 g/mol. The fourth-order valence-corrected chi connectivity index (χ4v) is 2.52. The first-order chi connectivity index (χ1) is 10.3. The van der Waals surface area contributed by atoms with E-state index >= 15 is 0 Å². The zero-order chi connectivity index (χ0) is 14.7. The van der Waals surface area contributed by atoms with E-state index < -0.39 is 0 Å². The van der Waals surface area contributed by atoms with Gasteiger partial charge in [0.1, 0.15) is 0 Å². The van der Waals surface area contributed by atoms with Crippen molar-refractivity contribution in [3.63, 3.8) is 0 Å². The summed E-state index contributed by atoms with van der Waals surface area (Å²) in [6, 6.07) is 19.0. The molecule has 0 heterocycles. The molecular weight excluding hydrogens is 260 g/mol. The summed E-state index contributed by atoms with van der Waals surface area (Å²) in [5.41, 5.74) is 2.19. The molecule has 1 aliphatic rings. The third-order valence-corrected chi connectivity index (χ3v) is 3.79. The van der Waals surface area contributed by atoms with Crippen LogP contribution in [0.4, 0.5) is 0 Å². The first-order valence-electron chi connectivity index (χ1n) is 7.14. The number of nitriles is 1. The van der Waals surface area contributed by atoms with Crippen molar-refractivity contribution in [3.05, 3.63) is 71.3 Å². The molecule has 1 amide bonds. The highest BCUT2D eigenvalue weighted by atomic mass is 16.1. The van der Waals surface area contributed by atoms with Crippen molar-refractivity contribution in [1.82, 2.24) is 5.32 Å². The molecule has 3 rings (SSSR count). The number of carbonyl (C=O) groups is 1. The molecule has 1 saturated carbocycles. The number of hydrogen-bond donors (Lipinski definition) is 1. The standard InChI is InChI=1S/C18H16N2O/c19-12-13-5-4-8-16(11-13)18(21)20-17(15-9-10-15)14-6-2-1-3-7-14/h1-8,11,15,17H,9-10H2,(H,20,21)/t17-/m1/s1. The molecule has 104 valence electrons. The zero-order valence-corrected chi connectivity index (χ0v) is 11.6. The molecule has 21 heavy (non-hydrogen) atoms. The van der Waals surface area contributed by atoms with E-state index in [0.717, 1.165) is 18.4 Å². The Kier molecular flexibility index (Phi) is 3.70. The number of nitrogens with one attached hydrogen (secondary N) is 1. The van der Waals surface area contributed by atoms with Gasteiger partial charge in [0.15, 0.2) is 0 Å². The molecule has 3 nitrogen and oxygen atoms in total. The summed E-state index contributed by atoms with van der Waals surface area (Å²) in [4.78, 5) is 12.4. The Hall–Kier alpha value is -2.60. The van der Waals surface area contributed by atoms with Gasteiger partial charge in [-0.3, -0.25) is 4.79 Å². The third kappa shape index (κ3) is 3.11. The van der Waals surface area contributed by atoms with E-state index in [1.54, 1.807) is 24.3 Å². The molecule has 1 atom stereocenters. The van der Waals surface area contributed by atoms with Crippen LogP contribution in [0.2, 0.25) is 0 Å². The molecule has 1 aliphatic carbocycles. The molecular formula is C18H16N2O. The summed E-state index contributed by atoms with van der Waals surface area (Å²) >= 11 is 0. The van der Waals surface area contributed by atoms with Crippen LogP contribution in [0.15, 0.2) is 54.6 Å². The van der Waals surface area contributed by atoms with Gasteiger partial charge in [0.25, 0.3) is 5.91 Å². The number of benzene rings is 2. The Morgan fingerprint density at radius 2 is 1.90 bits per heavy atom. The highest BCUT2D eigenvalue weighted by Crippen LogP contribution is 2.41. The van der Waals surface area contributed by atoms with Gasteiger partial charge >= 0.3 is 0 Å². The first-order valence-corrected chi connectivity index (χ1v) is 7.14. The molecule has 2 aromatic carbocycles. The predicted octanol–water partition coefficient (Wildman–Crippen LogP) is 3.44. The Bertz CT molecular complexity index is 684. The minimum Gasteiger partial charge on any atom is -0.345 e. The van der Waals surface area contributed by atoms with Gasteiger partial charge in [-0.2, -0.15) is 5.26 Å². The Morgan fingerprint density at radius 3 is 2.57 bits per heavy atom. The Balaban J connectivity index is 1.80. The topological polar surface area (TPSA) is 52.9 Å². The van der Waals surface area contributed by atoms with Crippen LogP contribution >= 0.6 is 0 Å². The predicted molar refractivity (Wildman–Crippen MR) is 80.5 cm³/mol. The zero-order valence-electron chi connectivity index (χ0n) is 11.6. The number of hydrogen-bond acceptors (Lipinski definition) is 2. The van der Waals surface area contributed by atoms with Gasteiger partial charge in [-0.25, -0.2) is 0 Å². The molecule has 0 unspecified atom stereocenters. The van der Waals surface area contributed by atoms with Crippen LogP contribution in [0, 0.1) is 17.2 Å². The van der Waals surface area contributed by atoms with Crippen molar-refractivity contribution in [3.8, 4) is 6.07 Å². The van der Waals surface area contributed by atoms with Crippen LogP contribution < -0.4 is 5.32 Å². The molecule has 0 radical (unpaired) electrons. The number of nitrogens with zero attached hydrogens (tertiary/aromatic N) is 1. The van der Waals surface area contributed by atoms with Gasteiger partial charge in [0.05, 0.1) is 17.7 Å². The Morgan fingerprint density at radius 1 is 1.14 bits per heavy atom. The average molecular weight is 276 g/mol. The second-order valence-electron chi connectivity index (χ2n) is 5.39. The van der Waals surface area contributed by atoms with Gasteiger partial charge in [0.2, 0.25) is 0 Å². The number of rotatable bonds is 4. The van der Waals surface area contributed by atoms with E-state index in [2.05, 4.69) is 23.5 Å². The molecule has 3 heteroatoms. The van der Waals surface area contributed by atoms with Crippen LogP contribution in [-0.2, 0) is 0 Å². The fraction of sp³-hybridized carbons (Fsp3) is 0.222. The lowest BCUT2D eigenvalue weighted by atomic mass is 10.0. The van der Waals surface area contributed by atoms with E-state index in [4.69, 9.17) is 5.26 Å². The normalized spacial score (nSPS) is 15.0. The van der Waals surface area contributed by atoms with Crippen molar-refractivity contribution < 1.29 is 4.79 Å². The van der Waals surface area contributed by atoms with E-state index in [1.165, 1.54) is 0 Å². The molecule has 0 saturated heterocycles. The van der Waals surface area contributed by atoms with Crippen molar-refractivity contribution in [2.45, 2.75) is 18.9 Å². The number of amides is 1. The van der Waals surface area contributed by atoms with Gasteiger partial charge in [0, 0.05) is 5.56 Å². The SMILES string of the molecule is N#Cc1cccc(C(=O)N[C@H](c2ccccc2)C2CC2)c1. The summed E-state index contributed by atoms with van der Waals surface area (Å²) in [6.07, 6.45) is 2.30. The molecule has 0 spiro atoms. The van der Waals surface area contributed by atoms with E-state index in [9.17, 15) is 4.79 Å². The summed E-state index contributed by atoms with van der Waals surface area (Å²) in [6.45, 7) is 0. The molecule has 0 aliphatic heterocycles. The van der Waals surface area contributed by atoms with Gasteiger partial charge in [-0.1, -0.05) is 36.4 Å². The van der Waals surface area contributed by atoms with Crippen molar-refractivity contribution >= 4 is 5.91 Å². The molecule has 0 bridgehead atoms. The average Bonchev–Trinajstić information content (AvgIpc) is 3.38. The first kappa shape index (κ1) is 13.4. The minimum absolute atomic E-state index is 0.0597. The molecule has 2 aromatic rings. The Labute approximate surface area is 124 Å². The minimum atomic E-state index is -0.118. The summed E-state index contributed by atoms with van der Waals surface area (Å²) in [7, 11) is 0. The quantitative estimate of drug-likeness (QED) is 0.930. The van der Waals surface area contributed by atoms with Crippen LogP contribution in [-0.4, -0.2) is 5.91 Å². The molecule has 0 aromatic heterocycles. The highest BCUT2D eigenvalue weighted by molar-refractivity contribution is 5.94. The summed E-state index contributed by atoms with van der Waals surface area (Å²) in [5.74, 6) is 0.406. The molecule has 1 fully saturated rings. The lowest BCUT2D eigenvalue weighted by Gasteiger charge is -2.19. The maximum atomic E-state index is 12.4. The van der Waals surface area contributed by atoms with Crippen molar-refractivity contribution in [2.75, 3.05) is 0 Å². The summed E-state index contributed by atoms with van der Waals surface area (Å²) < 4.78 is 0. The van der Waals surface area contributed by atoms with Crippen molar-refractivity contribution in [1.29, 1.82) is 5.26 Å². The van der Waals surface area contributed by atoms with Crippen LogP contribution in [0.5, 0.6) is 0 Å². The maximum Gasteiger partial charge on any atom is 0.251 e. The van der Waals surface area contributed by atoms with Crippen molar-refractivity contribution in [2.24, 2.45) is 5.92 Å². The second-order valence-corrected chi connectivity index (χ2v) is 5.39. The van der Waals surface area contributed by atoms with Crippen LogP contribution in [0.3, 0.4) is 0 Å². The lowest BCUT2D eigenvalue weighted by molar-refractivity contribution is 0.0931. The molecule has 1 N–H and O–H groups in total. The smallest absolute Gasteiger partial charge is 0.251 e. The van der Waals surface area contributed by atoms with Crippen LogP contribution in [0.25, 0.3) is 0 Å². The second kappa shape index (κ2) is 5.80. The van der Waals surface area contributed by atoms with Gasteiger partial charge in [-0.05, 0) is 42.5 Å². The van der Waals surface area contributed by atoms with E-state index in [0.29, 0.717) is 17.0 Å². The maximum absolute atomic E-state index is 12.4.